The van der Waals surface area contributed by atoms with Crippen LogP contribution in [0.3, 0.4) is 0 Å². The molecular weight excluding hydrogens is 214 g/mol. The predicted octanol–water partition coefficient (Wildman–Crippen LogP) is 2.22. The number of rotatable bonds is 4. The number of hydrogen-bond donors (Lipinski definition) is 1. The summed E-state index contributed by atoms with van der Waals surface area (Å²) in [7, 11) is 0. The molecule has 1 N–H and O–H groups in total. The van der Waals surface area contributed by atoms with Crippen LogP contribution < -0.4 is 0 Å². The van der Waals surface area contributed by atoms with Crippen molar-refractivity contribution in [3.63, 3.8) is 0 Å². The lowest BCUT2D eigenvalue weighted by Crippen LogP contribution is -2.30. The first-order valence-electron chi connectivity index (χ1n) is 7.15. The Hall–Kier alpha value is -0.570. The van der Waals surface area contributed by atoms with Gasteiger partial charge in [0.25, 0.3) is 0 Å². The van der Waals surface area contributed by atoms with E-state index in [0.717, 1.165) is 37.3 Å². The van der Waals surface area contributed by atoms with Crippen molar-refractivity contribution in [1.29, 1.82) is 0 Å². The normalized spacial score (nSPS) is 41.2. The molecule has 3 heteroatoms. The minimum absolute atomic E-state index is 0.368. The van der Waals surface area contributed by atoms with Crippen LogP contribution in [-0.4, -0.2) is 35.6 Å². The Balaban J connectivity index is 1.46. The van der Waals surface area contributed by atoms with Crippen molar-refractivity contribution < 1.29 is 9.90 Å². The van der Waals surface area contributed by atoms with Gasteiger partial charge in [-0.3, -0.25) is 4.79 Å². The summed E-state index contributed by atoms with van der Waals surface area (Å²) in [5, 5.41) is 8.81. The van der Waals surface area contributed by atoms with Crippen molar-refractivity contribution in [3.05, 3.63) is 0 Å². The Morgan fingerprint density at radius 3 is 2.76 bits per heavy atom. The van der Waals surface area contributed by atoms with E-state index in [-0.39, 0.29) is 0 Å². The average molecular weight is 237 g/mol. The second-order valence-corrected chi connectivity index (χ2v) is 6.45. The Morgan fingerprint density at radius 1 is 1.24 bits per heavy atom. The lowest BCUT2D eigenvalue weighted by Gasteiger charge is -2.27. The van der Waals surface area contributed by atoms with Crippen LogP contribution in [0.15, 0.2) is 0 Å². The van der Waals surface area contributed by atoms with Crippen LogP contribution >= 0.6 is 0 Å². The van der Waals surface area contributed by atoms with Gasteiger partial charge in [-0.2, -0.15) is 0 Å². The smallest absolute Gasteiger partial charge is 0.303 e. The molecule has 1 saturated heterocycles. The predicted molar refractivity (Wildman–Crippen MR) is 65.7 cm³/mol. The summed E-state index contributed by atoms with van der Waals surface area (Å²) in [6.45, 7) is 3.41. The molecule has 2 aliphatic carbocycles. The molecule has 4 unspecified atom stereocenters. The molecule has 3 aliphatic rings. The van der Waals surface area contributed by atoms with Crippen molar-refractivity contribution in [2.75, 3.05) is 19.6 Å². The third-order valence-electron chi connectivity index (χ3n) is 5.21. The molecule has 96 valence electrons. The summed E-state index contributed by atoms with van der Waals surface area (Å²) in [6, 6.07) is 0. The van der Waals surface area contributed by atoms with E-state index in [9.17, 15) is 4.79 Å². The zero-order chi connectivity index (χ0) is 11.8. The molecule has 2 saturated carbocycles. The molecule has 2 bridgehead atoms. The van der Waals surface area contributed by atoms with E-state index in [1.807, 2.05) is 0 Å². The highest BCUT2D eigenvalue weighted by Gasteiger charge is 2.40. The number of carboxylic acid groups (broad SMARTS) is 1. The quantitative estimate of drug-likeness (QED) is 0.815. The molecule has 3 nitrogen and oxygen atoms in total. The summed E-state index contributed by atoms with van der Waals surface area (Å²) >= 11 is 0. The SMILES string of the molecule is O=C(O)CC1CCN(CC2CC3CCC2C3)C1. The van der Waals surface area contributed by atoms with Crippen LogP contribution in [0.25, 0.3) is 0 Å². The van der Waals surface area contributed by atoms with Crippen molar-refractivity contribution in [3.8, 4) is 0 Å². The second kappa shape index (κ2) is 4.60. The van der Waals surface area contributed by atoms with E-state index in [4.69, 9.17) is 5.11 Å². The highest BCUT2D eigenvalue weighted by Crippen LogP contribution is 2.48. The van der Waals surface area contributed by atoms with E-state index < -0.39 is 5.97 Å². The van der Waals surface area contributed by atoms with E-state index in [0.29, 0.717) is 12.3 Å². The lowest BCUT2D eigenvalue weighted by molar-refractivity contribution is -0.138. The number of carboxylic acids is 1. The van der Waals surface area contributed by atoms with Gasteiger partial charge < -0.3 is 10.0 Å². The summed E-state index contributed by atoms with van der Waals surface area (Å²) < 4.78 is 0. The fourth-order valence-corrected chi connectivity index (χ4v) is 4.42. The highest BCUT2D eigenvalue weighted by atomic mass is 16.4. The van der Waals surface area contributed by atoms with Crippen LogP contribution in [0.1, 0.15) is 38.5 Å². The highest BCUT2D eigenvalue weighted by molar-refractivity contribution is 5.67. The summed E-state index contributed by atoms with van der Waals surface area (Å²) in [5.74, 6) is 2.74. The summed E-state index contributed by atoms with van der Waals surface area (Å²) in [4.78, 5) is 13.2. The van der Waals surface area contributed by atoms with Crippen molar-refractivity contribution in [2.24, 2.45) is 23.7 Å². The fraction of sp³-hybridized carbons (Fsp3) is 0.929. The maximum Gasteiger partial charge on any atom is 0.303 e. The van der Waals surface area contributed by atoms with Gasteiger partial charge in [-0.1, -0.05) is 6.42 Å². The van der Waals surface area contributed by atoms with Gasteiger partial charge in [0.2, 0.25) is 0 Å². The Labute approximate surface area is 103 Å². The molecule has 0 aromatic heterocycles. The zero-order valence-electron chi connectivity index (χ0n) is 10.5. The second-order valence-electron chi connectivity index (χ2n) is 6.45. The van der Waals surface area contributed by atoms with Gasteiger partial charge in [-0.15, -0.1) is 0 Å². The number of hydrogen-bond acceptors (Lipinski definition) is 2. The molecule has 4 atom stereocenters. The monoisotopic (exact) mass is 237 g/mol. The first-order chi connectivity index (χ1) is 8.20. The summed E-state index contributed by atoms with van der Waals surface area (Å²) in [6.07, 6.45) is 7.33. The number of likely N-dealkylation sites (tertiary alicyclic amines) is 1. The van der Waals surface area contributed by atoms with E-state index in [2.05, 4.69) is 4.90 Å². The van der Waals surface area contributed by atoms with Crippen LogP contribution in [0, 0.1) is 23.7 Å². The molecule has 0 aromatic carbocycles. The van der Waals surface area contributed by atoms with E-state index >= 15 is 0 Å². The standard InChI is InChI=1S/C14H23NO2/c16-14(17)7-11-3-4-15(8-11)9-13-6-10-1-2-12(13)5-10/h10-13H,1-9H2,(H,16,17). The molecule has 0 spiro atoms. The fourth-order valence-electron chi connectivity index (χ4n) is 4.42. The third-order valence-corrected chi connectivity index (χ3v) is 5.21. The number of fused-ring (bicyclic) bond motifs is 2. The average Bonchev–Trinajstić information content (AvgIpc) is 2.94. The zero-order valence-corrected chi connectivity index (χ0v) is 10.5. The number of carbonyl (C=O) groups is 1. The largest absolute Gasteiger partial charge is 0.481 e. The third kappa shape index (κ3) is 2.49. The summed E-state index contributed by atoms with van der Waals surface area (Å²) in [5.41, 5.74) is 0. The first kappa shape index (κ1) is 11.5. The Kier molecular flexibility index (Phi) is 3.12. The molecule has 3 rings (SSSR count). The van der Waals surface area contributed by atoms with Crippen molar-refractivity contribution >= 4 is 5.97 Å². The number of aliphatic carboxylic acids is 1. The molecule has 0 radical (unpaired) electrons. The van der Waals surface area contributed by atoms with E-state index in [1.165, 1.54) is 32.2 Å². The minimum Gasteiger partial charge on any atom is -0.481 e. The van der Waals surface area contributed by atoms with Crippen LogP contribution in [-0.2, 0) is 4.79 Å². The van der Waals surface area contributed by atoms with E-state index in [1.54, 1.807) is 0 Å². The lowest BCUT2D eigenvalue weighted by atomic mass is 9.88. The van der Waals surface area contributed by atoms with Gasteiger partial charge >= 0.3 is 5.97 Å². The molecule has 1 aliphatic heterocycles. The van der Waals surface area contributed by atoms with Crippen LogP contribution in [0.5, 0.6) is 0 Å². The van der Waals surface area contributed by atoms with Gasteiger partial charge in [-0.25, -0.2) is 0 Å². The van der Waals surface area contributed by atoms with Crippen molar-refractivity contribution in [2.45, 2.75) is 38.5 Å². The van der Waals surface area contributed by atoms with Gasteiger partial charge in [-0.05, 0) is 55.9 Å². The molecule has 0 amide bonds. The molecule has 3 fully saturated rings. The topological polar surface area (TPSA) is 40.5 Å². The van der Waals surface area contributed by atoms with Crippen LogP contribution in [0.2, 0.25) is 0 Å². The molecule has 17 heavy (non-hydrogen) atoms. The minimum atomic E-state index is -0.628. The van der Waals surface area contributed by atoms with Gasteiger partial charge in [0.15, 0.2) is 0 Å². The molecule has 1 heterocycles. The van der Waals surface area contributed by atoms with Gasteiger partial charge in [0.1, 0.15) is 0 Å². The van der Waals surface area contributed by atoms with Gasteiger partial charge in [0.05, 0.1) is 0 Å². The molecule has 0 aromatic rings. The van der Waals surface area contributed by atoms with Crippen LogP contribution in [0.4, 0.5) is 0 Å². The van der Waals surface area contributed by atoms with Crippen molar-refractivity contribution in [1.82, 2.24) is 4.90 Å². The number of nitrogens with zero attached hydrogens (tertiary/aromatic N) is 1. The van der Waals surface area contributed by atoms with Gasteiger partial charge in [0, 0.05) is 19.5 Å². The Bertz CT molecular complexity index is 305. The maximum atomic E-state index is 10.7. The first-order valence-corrected chi connectivity index (χ1v) is 7.15. The Morgan fingerprint density at radius 2 is 2.12 bits per heavy atom. The molecular formula is C14H23NO2. The maximum absolute atomic E-state index is 10.7.